The first kappa shape index (κ1) is 13.3. The van der Waals surface area contributed by atoms with E-state index in [1.54, 1.807) is 4.68 Å². The molecular formula is C14H19N3O2. The Morgan fingerprint density at radius 3 is 2.53 bits per heavy atom. The molecule has 5 heteroatoms. The van der Waals surface area contributed by atoms with Crippen molar-refractivity contribution in [3.05, 3.63) is 36.5 Å². The molecule has 0 aliphatic heterocycles. The van der Waals surface area contributed by atoms with Gasteiger partial charge in [0.15, 0.2) is 11.5 Å². The molecule has 0 atom stereocenters. The first-order valence-electron chi connectivity index (χ1n) is 6.37. The van der Waals surface area contributed by atoms with Crippen LogP contribution in [-0.4, -0.2) is 29.5 Å². The summed E-state index contributed by atoms with van der Waals surface area (Å²) in [6, 6.07) is 9.61. The van der Waals surface area contributed by atoms with Gasteiger partial charge in [-0.05, 0) is 19.1 Å². The number of aromatic nitrogens is 2. The van der Waals surface area contributed by atoms with Gasteiger partial charge in [0.05, 0.1) is 13.2 Å². The van der Waals surface area contributed by atoms with Crippen molar-refractivity contribution in [3.8, 4) is 11.5 Å². The van der Waals surface area contributed by atoms with Gasteiger partial charge in [-0.2, -0.15) is 5.10 Å². The van der Waals surface area contributed by atoms with Gasteiger partial charge in [0.1, 0.15) is 12.4 Å². The minimum atomic E-state index is 0.556. The fraction of sp³-hybridized carbons (Fsp3) is 0.357. The van der Waals surface area contributed by atoms with E-state index in [1.165, 1.54) is 0 Å². The molecule has 0 bridgehead atoms. The maximum Gasteiger partial charge on any atom is 0.161 e. The number of nitrogens with one attached hydrogen (secondary N) is 1. The Balaban J connectivity index is 1.79. The third kappa shape index (κ3) is 3.91. The molecule has 102 valence electrons. The minimum absolute atomic E-state index is 0.556. The van der Waals surface area contributed by atoms with E-state index in [0.717, 1.165) is 17.3 Å². The van der Waals surface area contributed by atoms with Gasteiger partial charge in [-0.15, -0.1) is 0 Å². The summed E-state index contributed by atoms with van der Waals surface area (Å²) in [6.45, 7) is 3.84. The summed E-state index contributed by atoms with van der Waals surface area (Å²) in [5.41, 5.74) is 0. The smallest absolute Gasteiger partial charge is 0.161 e. The third-order valence-corrected chi connectivity index (χ3v) is 2.53. The monoisotopic (exact) mass is 261 g/mol. The van der Waals surface area contributed by atoms with Gasteiger partial charge in [-0.25, -0.2) is 0 Å². The van der Waals surface area contributed by atoms with Gasteiger partial charge >= 0.3 is 0 Å². The molecule has 2 rings (SSSR count). The van der Waals surface area contributed by atoms with E-state index in [9.17, 15) is 0 Å². The zero-order chi connectivity index (χ0) is 13.5. The van der Waals surface area contributed by atoms with Crippen molar-refractivity contribution in [1.82, 2.24) is 9.78 Å². The van der Waals surface area contributed by atoms with E-state index in [1.807, 2.05) is 50.5 Å². The summed E-state index contributed by atoms with van der Waals surface area (Å²) in [6.07, 6.45) is 1.90. The Morgan fingerprint density at radius 2 is 1.89 bits per heavy atom. The molecule has 0 unspecified atom stereocenters. The lowest BCUT2D eigenvalue weighted by Gasteiger charge is -2.11. The van der Waals surface area contributed by atoms with Crippen LogP contribution in [0.2, 0.25) is 0 Å². The summed E-state index contributed by atoms with van der Waals surface area (Å²) < 4.78 is 12.9. The summed E-state index contributed by atoms with van der Waals surface area (Å²) in [5, 5.41) is 7.42. The van der Waals surface area contributed by atoms with Crippen molar-refractivity contribution in [2.24, 2.45) is 7.05 Å². The van der Waals surface area contributed by atoms with Crippen LogP contribution in [0.5, 0.6) is 11.5 Å². The molecule has 2 aromatic rings. The number of anilines is 1. The number of nitrogens with zero attached hydrogens (tertiary/aromatic N) is 2. The molecule has 0 fully saturated rings. The van der Waals surface area contributed by atoms with Gasteiger partial charge < -0.3 is 14.8 Å². The van der Waals surface area contributed by atoms with E-state index < -0.39 is 0 Å². The lowest BCUT2D eigenvalue weighted by molar-refractivity contribution is 0.284. The maximum absolute atomic E-state index is 5.70. The predicted molar refractivity (Wildman–Crippen MR) is 74.8 cm³/mol. The standard InChI is InChI=1S/C14H19N3O2/c1-3-18-12-6-4-5-7-13(12)19-11-9-15-14-8-10-17(2)16-14/h4-8,10H,3,9,11H2,1-2H3,(H,15,16). The van der Waals surface area contributed by atoms with Crippen molar-refractivity contribution in [3.63, 3.8) is 0 Å². The van der Waals surface area contributed by atoms with Gasteiger partial charge in [0.25, 0.3) is 0 Å². The summed E-state index contributed by atoms with van der Waals surface area (Å²) >= 11 is 0. The normalized spacial score (nSPS) is 10.2. The average Bonchev–Trinajstić information content (AvgIpc) is 2.83. The first-order valence-corrected chi connectivity index (χ1v) is 6.37. The number of hydrogen-bond donors (Lipinski definition) is 1. The topological polar surface area (TPSA) is 48.3 Å². The van der Waals surface area contributed by atoms with Crippen molar-refractivity contribution in [2.75, 3.05) is 25.1 Å². The van der Waals surface area contributed by atoms with E-state index >= 15 is 0 Å². The summed E-state index contributed by atoms with van der Waals surface area (Å²) in [5.74, 6) is 2.40. The number of benzene rings is 1. The second kappa shape index (κ2) is 6.68. The Labute approximate surface area is 113 Å². The van der Waals surface area contributed by atoms with Crippen LogP contribution < -0.4 is 14.8 Å². The van der Waals surface area contributed by atoms with Crippen molar-refractivity contribution < 1.29 is 9.47 Å². The Hall–Kier alpha value is -2.17. The van der Waals surface area contributed by atoms with E-state index in [0.29, 0.717) is 19.8 Å². The number of hydrogen-bond acceptors (Lipinski definition) is 4. The quantitative estimate of drug-likeness (QED) is 0.777. The molecule has 0 saturated heterocycles. The molecule has 1 N–H and O–H groups in total. The van der Waals surface area contributed by atoms with Crippen LogP contribution in [0.25, 0.3) is 0 Å². The molecule has 0 aliphatic rings. The molecule has 0 amide bonds. The fourth-order valence-electron chi connectivity index (χ4n) is 1.69. The highest BCUT2D eigenvalue weighted by molar-refractivity contribution is 5.39. The first-order chi connectivity index (χ1) is 9.29. The van der Waals surface area contributed by atoms with Crippen LogP contribution in [0.15, 0.2) is 36.5 Å². The van der Waals surface area contributed by atoms with Gasteiger partial charge in [-0.1, -0.05) is 12.1 Å². The van der Waals surface area contributed by atoms with Crippen LogP contribution in [-0.2, 0) is 7.05 Å². The number of para-hydroxylation sites is 2. The Kier molecular flexibility index (Phi) is 4.66. The van der Waals surface area contributed by atoms with E-state index in [-0.39, 0.29) is 0 Å². The van der Waals surface area contributed by atoms with Gasteiger partial charge in [0, 0.05) is 19.3 Å². The molecule has 0 radical (unpaired) electrons. The van der Waals surface area contributed by atoms with Gasteiger partial charge in [-0.3, -0.25) is 4.68 Å². The second-order valence-corrected chi connectivity index (χ2v) is 4.03. The third-order valence-electron chi connectivity index (χ3n) is 2.53. The van der Waals surface area contributed by atoms with Crippen LogP contribution in [0.1, 0.15) is 6.92 Å². The molecule has 1 aromatic heterocycles. The Bertz CT molecular complexity index is 511. The summed E-state index contributed by atoms with van der Waals surface area (Å²) in [7, 11) is 1.89. The highest BCUT2D eigenvalue weighted by Gasteiger charge is 2.03. The zero-order valence-corrected chi connectivity index (χ0v) is 11.3. The molecule has 1 aromatic carbocycles. The van der Waals surface area contributed by atoms with E-state index in [2.05, 4.69) is 10.4 Å². The lowest BCUT2D eigenvalue weighted by atomic mass is 10.3. The van der Waals surface area contributed by atoms with E-state index in [4.69, 9.17) is 9.47 Å². The maximum atomic E-state index is 5.70. The number of ether oxygens (including phenoxy) is 2. The van der Waals surface area contributed by atoms with Gasteiger partial charge in [0.2, 0.25) is 0 Å². The highest BCUT2D eigenvalue weighted by Crippen LogP contribution is 2.26. The SMILES string of the molecule is CCOc1ccccc1OCCNc1ccn(C)n1. The number of rotatable bonds is 7. The van der Waals surface area contributed by atoms with Crippen LogP contribution in [0.4, 0.5) is 5.82 Å². The molecule has 0 aliphatic carbocycles. The molecule has 0 saturated carbocycles. The largest absolute Gasteiger partial charge is 0.490 e. The van der Waals surface area contributed by atoms with Crippen molar-refractivity contribution in [1.29, 1.82) is 0 Å². The minimum Gasteiger partial charge on any atom is -0.490 e. The summed E-state index contributed by atoms with van der Waals surface area (Å²) in [4.78, 5) is 0. The predicted octanol–water partition coefficient (Wildman–Crippen LogP) is 2.31. The highest BCUT2D eigenvalue weighted by atomic mass is 16.5. The fourth-order valence-corrected chi connectivity index (χ4v) is 1.69. The zero-order valence-electron chi connectivity index (χ0n) is 11.3. The van der Waals surface area contributed by atoms with Crippen LogP contribution in [0.3, 0.4) is 0 Å². The molecule has 5 nitrogen and oxygen atoms in total. The second-order valence-electron chi connectivity index (χ2n) is 4.03. The number of aryl methyl sites for hydroxylation is 1. The molecular weight excluding hydrogens is 242 g/mol. The van der Waals surface area contributed by atoms with Crippen molar-refractivity contribution in [2.45, 2.75) is 6.92 Å². The molecule has 1 heterocycles. The molecule has 0 spiro atoms. The van der Waals surface area contributed by atoms with Crippen LogP contribution >= 0.6 is 0 Å². The Morgan fingerprint density at radius 1 is 1.16 bits per heavy atom. The van der Waals surface area contributed by atoms with Crippen molar-refractivity contribution >= 4 is 5.82 Å². The lowest BCUT2D eigenvalue weighted by Crippen LogP contribution is -2.12. The van der Waals surface area contributed by atoms with Crippen LogP contribution in [0, 0.1) is 0 Å². The average molecular weight is 261 g/mol. The molecule has 19 heavy (non-hydrogen) atoms.